The van der Waals surface area contributed by atoms with Crippen molar-refractivity contribution in [2.24, 2.45) is 0 Å². The predicted octanol–water partition coefficient (Wildman–Crippen LogP) is 1.69. The van der Waals surface area contributed by atoms with Crippen molar-refractivity contribution in [2.75, 3.05) is 5.32 Å². The number of rotatable bonds is 4. The molecule has 0 radical (unpaired) electrons. The van der Waals surface area contributed by atoms with E-state index in [1.807, 2.05) is 16.7 Å². The second-order valence-electron chi connectivity index (χ2n) is 7.27. The van der Waals surface area contributed by atoms with Gasteiger partial charge in [-0.25, -0.2) is 4.98 Å². The van der Waals surface area contributed by atoms with Gasteiger partial charge in [-0.3, -0.25) is 4.40 Å². The largest absolute Gasteiger partial charge is 0.390 e. The fraction of sp³-hybridized carbons (Fsp3) is 0.421. The number of nitrogens with one attached hydrogen (secondary N) is 1. The van der Waals surface area contributed by atoms with Gasteiger partial charge in [-0.1, -0.05) is 30.3 Å². The van der Waals surface area contributed by atoms with Crippen LogP contribution in [-0.4, -0.2) is 48.0 Å². The van der Waals surface area contributed by atoms with Gasteiger partial charge in [0.2, 0.25) is 5.65 Å². The monoisotopic (exact) mass is 351 g/mol. The summed E-state index contributed by atoms with van der Waals surface area (Å²) in [5.41, 5.74) is 2.00. The summed E-state index contributed by atoms with van der Waals surface area (Å²) in [6.45, 7) is 0. The average molecular weight is 351 g/mol. The Balaban J connectivity index is 1.40. The maximum atomic E-state index is 10.2. The second kappa shape index (κ2) is 6.03. The Labute approximate surface area is 150 Å². The van der Waals surface area contributed by atoms with Gasteiger partial charge in [0.25, 0.3) is 0 Å². The number of anilines is 1. The molecule has 0 bridgehead atoms. The van der Waals surface area contributed by atoms with Gasteiger partial charge >= 0.3 is 0 Å². The van der Waals surface area contributed by atoms with Crippen LogP contribution in [0.15, 0.2) is 42.7 Å². The summed E-state index contributed by atoms with van der Waals surface area (Å²) in [6.07, 6.45) is 4.41. The van der Waals surface area contributed by atoms with Crippen LogP contribution in [0.4, 0.5) is 5.82 Å². The highest BCUT2D eigenvalue weighted by atomic mass is 16.3. The van der Waals surface area contributed by atoms with E-state index in [0.717, 1.165) is 6.42 Å². The van der Waals surface area contributed by atoms with E-state index in [2.05, 4.69) is 44.8 Å². The lowest BCUT2D eigenvalue weighted by Gasteiger charge is -2.14. The standard InChI is InChI=1S/C19H21N5O2/c25-15-7-6-12(16(15)26)18-22-23-19-17(20-8-9-24(18)19)21-14-10-13(14)11-4-2-1-3-5-11/h1-5,8-9,12-16,25-26H,6-7,10H2,(H,20,21)/t12-,13?,14?,15-,16+/m1/s1. The van der Waals surface area contributed by atoms with Crippen LogP contribution >= 0.6 is 0 Å². The molecule has 2 aliphatic carbocycles. The molecule has 2 aromatic heterocycles. The summed E-state index contributed by atoms with van der Waals surface area (Å²) < 4.78 is 1.88. The van der Waals surface area contributed by atoms with Crippen molar-refractivity contribution in [3.05, 3.63) is 54.1 Å². The van der Waals surface area contributed by atoms with Crippen LogP contribution in [0, 0.1) is 0 Å². The van der Waals surface area contributed by atoms with E-state index in [0.29, 0.717) is 42.1 Å². The van der Waals surface area contributed by atoms with Crippen LogP contribution < -0.4 is 5.32 Å². The van der Waals surface area contributed by atoms with Crippen LogP contribution in [0.2, 0.25) is 0 Å². The third-order valence-electron chi connectivity index (χ3n) is 5.61. The molecule has 0 aliphatic heterocycles. The number of aliphatic hydroxyl groups is 2. The smallest absolute Gasteiger partial charge is 0.203 e. The highest BCUT2D eigenvalue weighted by Gasteiger charge is 2.40. The molecule has 0 saturated heterocycles. The lowest BCUT2D eigenvalue weighted by atomic mass is 10.1. The van der Waals surface area contributed by atoms with Crippen molar-refractivity contribution >= 4 is 11.5 Å². The normalized spacial score (nSPS) is 30.6. The minimum Gasteiger partial charge on any atom is -0.390 e. The van der Waals surface area contributed by atoms with E-state index in [1.54, 1.807) is 6.20 Å². The van der Waals surface area contributed by atoms with Gasteiger partial charge in [0.1, 0.15) is 5.82 Å². The molecule has 26 heavy (non-hydrogen) atoms. The zero-order valence-electron chi connectivity index (χ0n) is 14.2. The molecule has 0 spiro atoms. The van der Waals surface area contributed by atoms with Crippen LogP contribution in [0.1, 0.15) is 42.5 Å². The van der Waals surface area contributed by atoms with Crippen molar-refractivity contribution in [3.8, 4) is 0 Å². The Morgan fingerprint density at radius 2 is 1.88 bits per heavy atom. The zero-order chi connectivity index (χ0) is 17.7. The molecule has 134 valence electrons. The molecule has 5 atom stereocenters. The van der Waals surface area contributed by atoms with E-state index < -0.39 is 12.2 Å². The second-order valence-corrected chi connectivity index (χ2v) is 7.27. The quantitative estimate of drug-likeness (QED) is 0.662. The molecule has 3 N–H and O–H groups in total. The molecule has 2 unspecified atom stereocenters. The number of benzene rings is 1. The molecular formula is C19H21N5O2. The number of aromatic nitrogens is 4. The number of hydrogen-bond acceptors (Lipinski definition) is 6. The van der Waals surface area contributed by atoms with Gasteiger partial charge in [0.05, 0.1) is 12.2 Å². The van der Waals surface area contributed by atoms with Crippen LogP contribution in [0.25, 0.3) is 5.65 Å². The van der Waals surface area contributed by atoms with E-state index >= 15 is 0 Å². The summed E-state index contributed by atoms with van der Waals surface area (Å²) in [5.74, 6) is 1.69. The Bertz CT molecular complexity index is 928. The summed E-state index contributed by atoms with van der Waals surface area (Å²) in [7, 11) is 0. The van der Waals surface area contributed by atoms with Crippen molar-refractivity contribution in [1.29, 1.82) is 0 Å². The van der Waals surface area contributed by atoms with Gasteiger partial charge in [-0.2, -0.15) is 0 Å². The Hall–Kier alpha value is -2.51. The Kier molecular flexibility index (Phi) is 3.65. The SMILES string of the molecule is O[C@@H]1[C@H](O)CC[C@H]1c1nnc2c(NC3CC3c3ccccc3)nccn12. The first kappa shape index (κ1) is 15.7. The van der Waals surface area contributed by atoms with Crippen LogP contribution in [0.5, 0.6) is 0 Å². The van der Waals surface area contributed by atoms with E-state index in [1.165, 1.54) is 5.56 Å². The summed E-state index contributed by atoms with van der Waals surface area (Å²) in [4.78, 5) is 4.44. The fourth-order valence-electron chi connectivity index (χ4n) is 4.04. The maximum Gasteiger partial charge on any atom is 0.203 e. The Morgan fingerprint density at radius 1 is 1.04 bits per heavy atom. The summed E-state index contributed by atoms with van der Waals surface area (Å²) in [6, 6.07) is 10.8. The first-order valence-electron chi connectivity index (χ1n) is 9.09. The molecule has 1 aromatic carbocycles. The highest BCUT2D eigenvalue weighted by molar-refractivity contribution is 5.63. The number of fused-ring (bicyclic) bond motifs is 1. The topological polar surface area (TPSA) is 95.6 Å². The number of hydrogen-bond donors (Lipinski definition) is 3. The molecule has 7 heteroatoms. The van der Waals surface area contributed by atoms with E-state index in [-0.39, 0.29) is 5.92 Å². The molecule has 2 saturated carbocycles. The lowest BCUT2D eigenvalue weighted by Crippen LogP contribution is -2.24. The van der Waals surface area contributed by atoms with E-state index in [9.17, 15) is 10.2 Å². The maximum absolute atomic E-state index is 10.2. The van der Waals surface area contributed by atoms with Crippen LogP contribution in [-0.2, 0) is 0 Å². The molecule has 7 nitrogen and oxygen atoms in total. The average Bonchev–Trinajstić information content (AvgIpc) is 3.18. The lowest BCUT2D eigenvalue weighted by molar-refractivity contribution is 0.0338. The van der Waals surface area contributed by atoms with Crippen molar-refractivity contribution in [2.45, 2.75) is 49.3 Å². The number of nitrogens with zero attached hydrogens (tertiary/aromatic N) is 4. The fourth-order valence-corrected chi connectivity index (χ4v) is 4.04. The molecule has 2 aliphatic rings. The molecule has 0 amide bonds. The third kappa shape index (κ3) is 2.55. The van der Waals surface area contributed by atoms with Crippen molar-refractivity contribution < 1.29 is 10.2 Å². The van der Waals surface area contributed by atoms with Gasteiger partial charge in [0, 0.05) is 30.3 Å². The van der Waals surface area contributed by atoms with Gasteiger partial charge in [0.15, 0.2) is 5.82 Å². The molecular weight excluding hydrogens is 330 g/mol. The minimum absolute atomic E-state index is 0.201. The first-order valence-corrected chi connectivity index (χ1v) is 9.09. The van der Waals surface area contributed by atoms with Gasteiger partial charge in [-0.15, -0.1) is 10.2 Å². The molecule has 5 rings (SSSR count). The predicted molar refractivity (Wildman–Crippen MR) is 96.0 cm³/mol. The first-order chi connectivity index (χ1) is 12.7. The molecule has 3 aromatic rings. The minimum atomic E-state index is -0.794. The van der Waals surface area contributed by atoms with Crippen LogP contribution in [0.3, 0.4) is 0 Å². The summed E-state index contributed by atoms with van der Waals surface area (Å²) in [5, 5.41) is 32.1. The number of aliphatic hydroxyl groups excluding tert-OH is 2. The summed E-state index contributed by atoms with van der Waals surface area (Å²) >= 11 is 0. The Morgan fingerprint density at radius 3 is 2.65 bits per heavy atom. The highest BCUT2D eigenvalue weighted by Crippen LogP contribution is 2.43. The third-order valence-corrected chi connectivity index (χ3v) is 5.61. The van der Waals surface area contributed by atoms with Crippen molar-refractivity contribution in [3.63, 3.8) is 0 Å². The molecule has 2 heterocycles. The molecule has 2 fully saturated rings. The van der Waals surface area contributed by atoms with Crippen molar-refractivity contribution in [1.82, 2.24) is 19.6 Å². The van der Waals surface area contributed by atoms with Gasteiger partial charge < -0.3 is 15.5 Å². The zero-order valence-corrected chi connectivity index (χ0v) is 14.2. The van der Waals surface area contributed by atoms with E-state index in [4.69, 9.17) is 0 Å². The van der Waals surface area contributed by atoms with Gasteiger partial charge in [-0.05, 0) is 24.8 Å².